The molecule has 1 aliphatic heterocycles. The van der Waals surface area contributed by atoms with E-state index in [0.717, 1.165) is 19.6 Å². The predicted octanol–water partition coefficient (Wildman–Crippen LogP) is 2.32. The van der Waals surface area contributed by atoms with Crippen LogP contribution in [0.15, 0.2) is 24.3 Å². The largest absolute Gasteiger partial charge is 0.318 e. The molecule has 0 aliphatic carbocycles. The zero-order valence-corrected chi connectivity index (χ0v) is 13.4. The van der Waals surface area contributed by atoms with Gasteiger partial charge < -0.3 is 10.2 Å². The van der Waals surface area contributed by atoms with Crippen LogP contribution < -0.4 is 5.32 Å². The molecule has 112 valence electrons. The van der Waals surface area contributed by atoms with E-state index >= 15 is 0 Å². The van der Waals surface area contributed by atoms with Gasteiger partial charge in [0.15, 0.2) is 0 Å². The molecular weight excluding hydrogens is 246 g/mol. The third kappa shape index (κ3) is 3.81. The summed E-state index contributed by atoms with van der Waals surface area (Å²) in [6, 6.07) is 9.71. The van der Waals surface area contributed by atoms with Crippen molar-refractivity contribution in [3.8, 4) is 0 Å². The van der Waals surface area contributed by atoms with E-state index in [0.29, 0.717) is 12.0 Å². The Morgan fingerprint density at radius 2 is 1.55 bits per heavy atom. The van der Waals surface area contributed by atoms with Crippen LogP contribution in [-0.2, 0) is 0 Å². The van der Waals surface area contributed by atoms with Gasteiger partial charge in [-0.1, -0.05) is 38.1 Å². The summed E-state index contributed by atoms with van der Waals surface area (Å²) in [6.45, 7) is 10.2. The minimum atomic E-state index is 0.495. The van der Waals surface area contributed by atoms with Gasteiger partial charge in [-0.3, -0.25) is 4.90 Å². The molecule has 3 heteroatoms. The van der Waals surface area contributed by atoms with Crippen LogP contribution in [0.1, 0.15) is 36.9 Å². The van der Waals surface area contributed by atoms with Gasteiger partial charge in [0.25, 0.3) is 0 Å². The minimum Gasteiger partial charge on any atom is -0.318 e. The third-order valence-corrected chi connectivity index (χ3v) is 4.36. The molecule has 0 spiro atoms. The number of nitrogens with zero attached hydrogens (tertiary/aromatic N) is 2. The standard InChI is InChI=1S/C17H29N3/c1-14(2)15-5-7-16(8-6-15)17(13-18-3)20-11-9-19(4)10-12-20/h5-8,14,17-18H,9-13H2,1-4H3. The number of benzene rings is 1. The number of nitrogens with one attached hydrogen (secondary N) is 1. The summed E-state index contributed by atoms with van der Waals surface area (Å²) in [4.78, 5) is 5.02. The molecule has 1 N–H and O–H groups in total. The number of rotatable bonds is 5. The molecule has 1 aliphatic rings. The van der Waals surface area contributed by atoms with E-state index < -0.39 is 0 Å². The fourth-order valence-corrected chi connectivity index (χ4v) is 2.89. The van der Waals surface area contributed by atoms with E-state index in [4.69, 9.17) is 0 Å². The Balaban J connectivity index is 2.11. The maximum atomic E-state index is 3.36. The van der Waals surface area contributed by atoms with Crippen LogP contribution in [0.5, 0.6) is 0 Å². The lowest BCUT2D eigenvalue weighted by atomic mass is 9.98. The molecule has 3 nitrogen and oxygen atoms in total. The smallest absolute Gasteiger partial charge is 0.0473 e. The molecule has 1 aromatic rings. The fraction of sp³-hybridized carbons (Fsp3) is 0.647. The van der Waals surface area contributed by atoms with Gasteiger partial charge in [0.2, 0.25) is 0 Å². The second kappa shape index (κ2) is 7.21. The highest BCUT2D eigenvalue weighted by molar-refractivity contribution is 5.27. The monoisotopic (exact) mass is 275 g/mol. The maximum absolute atomic E-state index is 3.36. The first-order valence-corrected chi connectivity index (χ1v) is 7.79. The Hall–Kier alpha value is -0.900. The Bertz CT molecular complexity index is 391. The van der Waals surface area contributed by atoms with Crippen molar-refractivity contribution in [3.63, 3.8) is 0 Å². The number of hydrogen-bond donors (Lipinski definition) is 1. The van der Waals surface area contributed by atoms with Crippen molar-refractivity contribution in [1.29, 1.82) is 0 Å². The Morgan fingerprint density at radius 1 is 1.00 bits per heavy atom. The molecule has 2 rings (SSSR count). The SMILES string of the molecule is CNCC(c1ccc(C(C)C)cc1)N1CCN(C)CC1. The van der Waals surface area contributed by atoms with Crippen molar-refractivity contribution in [2.45, 2.75) is 25.8 Å². The summed E-state index contributed by atoms with van der Waals surface area (Å²) in [5.74, 6) is 0.607. The van der Waals surface area contributed by atoms with Crippen molar-refractivity contribution >= 4 is 0 Å². The molecule has 1 saturated heterocycles. The van der Waals surface area contributed by atoms with E-state index in [9.17, 15) is 0 Å². The van der Waals surface area contributed by atoms with Gasteiger partial charge in [-0.15, -0.1) is 0 Å². The molecule has 1 fully saturated rings. The average molecular weight is 275 g/mol. The number of hydrogen-bond acceptors (Lipinski definition) is 3. The lowest BCUT2D eigenvalue weighted by Gasteiger charge is -2.38. The molecule has 1 aromatic carbocycles. The zero-order valence-electron chi connectivity index (χ0n) is 13.4. The van der Waals surface area contributed by atoms with Crippen molar-refractivity contribution in [2.75, 3.05) is 46.8 Å². The lowest BCUT2D eigenvalue weighted by Crippen LogP contribution is -2.47. The van der Waals surface area contributed by atoms with Crippen molar-refractivity contribution in [2.24, 2.45) is 0 Å². The Labute approximate surface area is 124 Å². The van der Waals surface area contributed by atoms with Crippen LogP contribution in [0.25, 0.3) is 0 Å². The molecule has 1 unspecified atom stereocenters. The van der Waals surface area contributed by atoms with Crippen molar-refractivity contribution < 1.29 is 0 Å². The van der Waals surface area contributed by atoms with Crippen LogP contribution in [0.2, 0.25) is 0 Å². The summed E-state index contributed by atoms with van der Waals surface area (Å²) in [7, 11) is 4.26. The fourth-order valence-electron chi connectivity index (χ4n) is 2.89. The Kier molecular flexibility index (Phi) is 5.58. The molecule has 0 bridgehead atoms. The average Bonchev–Trinajstić information content (AvgIpc) is 2.46. The normalized spacial score (nSPS) is 19.4. The van der Waals surface area contributed by atoms with Crippen LogP contribution in [-0.4, -0.2) is 56.6 Å². The van der Waals surface area contributed by atoms with Gasteiger partial charge in [-0.25, -0.2) is 0 Å². The minimum absolute atomic E-state index is 0.495. The molecule has 1 heterocycles. The second-order valence-corrected chi connectivity index (χ2v) is 6.23. The van der Waals surface area contributed by atoms with Crippen LogP contribution in [0.4, 0.5) is 0 Å². The van der Waals surface area contributed by atoms with Crippen molar-refractivity contribution in [1.82, 2.24) is 15.1 Å². The maximum Gasteiger partial charge on any atom is 0.0473 e. The highest BCUT2D eigenvalue weighted by atomic mass is 15.3. The van der Waals surface area contributed by atoms with Crippen LogP contribution >= 0.6 is 0 Å². The summed E-state index contributed by atoms with van der Waals surface area (Å²) in [6.07, 6.45) is 0. The summed E-state index contributed by atoms with van der Waals surface area (Å²) < 4.78 is 0. The summed E-state index contributed by atoms with van der Waals surface area (Å²) >= 11 is 0. The molecule has 0 radical (unpaired) electrons. The molecule has 0 amide bonds. The van der Waals surface area contributed by atoms with Crippen molar-refractivity contribution in [3.05, 3.63) is 35.4 Å². The number of piperazine rings is 1. The van der Waals surface area contributed by atoms with E-state index in [-0.39, 0.29) is 0 Å². The van der Waals surface area contributed by atoms with Crippen LogP contribution in [0, 0.1) is 0 Å². The first kappa shape index (κ1) is 15.5. The van der Waals surface area contributed by atoms with E-state index in [2.05, 4.69) is 60.3 Å². The van der Waals surface area contributed by atoms with Gasteiger partial charge in [0.1, 0.15) is 0 Å². The Morgan fingerprint density at radius 3 is 2.05 bits per heavy atom. The predicted molar refractivity (Wildman–Crippen MR) is 86.3 cm³/mol. The van der Waals surface area contributed by atoms with E-state index in [1.807, 2.05) is 7.05 Å². The van der Waals surface area contributed by atoms with Gasteiger partial charge in [0, 0.05) is 38.8 Å². The molecule has 1 atom stereocenters. The summed E-state index contributed by atoms with van der Waals surface area (Å²) in [5.41, 5.74) is 2.86. The summed E-state index contributed by atoms with van der Waals surface area (Å²) in [5, 5.41) is 3.36. The van der Waals surface area contributed by atoms with Gasteiger partial charge in [0.05, 0.1) is 0 Å². The first-order valence-electron chi connectivity index (χ1n) is 7.79. The van der Waals surface area contributed by atoms with Crippen LogP contribution in [0.3, 0.4) is 0 Å². The first-order chi connectivity index (χ1) is 9.61. The molecular formula is C17H29N3. The highest BCUT2D eigenvalue weighted by Gasteiger charge is 2.23. The van der Waals surface area contributed by atoms with E-state index in [1.54, 1.807) is 0 Å². The molecule has 20 heavy (non-hydrogen) atoms. The second-order valence-electron chi connectivity index (χ2n) is 6.23. The van der Waals surface area contributed by atoms with Gasteiger partial charge in [-0.2, -0.15) is 0 Å². The lowest BCUT2D eigenvalue weighted by molar-refractivity contribution is 0.111. The van der Waals surface area contributed by atoms with E-state index in [1.165, 1.54) is 24.2 Å². The highest BCUT2D eigenvalue weighted by Crippen LogP contribution is 2.23. The topological polar surface area (TPSA) is 18.5 Å². The number of likely N-dealkylation sites (N-methyl/N-ethyl adjacent to an activating group) is 2. The quantitative estimate of drug-likeness (QED) is 0.890. The molecule has 0 aromatic heterocycles. The van der Waals surface area contributed by atoms with Gasteiger partial charge >= 0.3 is 0 Å². The third-order valence-electron chi connectivity index (χ3n) is 4.36. The molecule has 0 saturated carbocycles. The zero-order chi connectivity index (χ0) is 14.5. The van der Waals surface area contributed by atoms with Gasteiger partial charge in [-0.05, 0) is 31.1 Å².